The van der Waals surface area contributed by atoms with E-state index in [2.05, 4.69) is 110 Å². The number of hydrogen-bond acceptors (Lipinski definition) is 5. The molecule has 0 amide bonds. The van der Waals surface area contributed by atoms with Gasteiger partial charge in [-0.1, -0.05) is 77.6 Å². The van der Waals surface area contributed by atoms with Crippen LogP contribution in [0.15, 0.2) is 78.2 Å². The topological polar surface area (TPSA) is 52.9 Å². The Labute approximate surface area is 289 Å². The Hall–Kier alpha value is -3.88. The molecule has 0 aliphatic carbocycles. The van der Waals surface area contributed by atoms with Crippen molar-refractivity contribution in [1.82, 2.24) is 4.57 Å². The van der Waals surface area contributed by atoms with E-state index in [-0.39, 0.29) is 13.7 Å². The van der Waals surface area contributed by atoms with Crippen molar-refractivity contribution in [1.29, 1.82) is 0 Å². The average molecular weight is 660 g/mol. The molecule has 0 aliphatic heterocycles. The van der Waals surface area contributed by atoms with Crippen molar-refractivity contribution >= 4 is 44.8 Å². The second kappa shape index (κ2) is 13.6. The minimum absolute atomic E-state index is 0.130. The second-order valence-corrected chi connectivity index (χ2v) is 14.6. The van der Waals surface area contributed by atoms with Crippen LogP contribution in [0.25, 0.3) is 49.7 Å². The first-order valence-corrected chi connectivity index (χ1v) is 17.7. The third kappa shape index (κ3) is 6.70. The van der Waals surface area contributed by atoms with Crippen LogP contribution in [-0.4, -0.2) is 41.7 Å². The predicted octanol–water partition coefficient (Wildman–Crippen LogP) is 9.79. The molecule has 1 unspecified atom stereocenters. The van der Waals surface area contributed by atoms with Gasteiger partial charge in [0.25, 0.3) is 0 Å². The maximum atomic E-state index is 10.4. The van der Waals surface area contributed by atoms with Crippen LogP contribution in [0.4, 0.5) is 0 Å². The number of benzene rings is 4. The number of thiophene rings is 1. The number of aliphatic hydroxyl groups excluding tert-OH is 1. The monoisotopic (exact) mass is 659 g/mol. The van der Waals surface area contributed by atoms with Crippen molar-refractivity contribution in [2.45, 2.75) is 73.9 Å². The van der Waals surface area contributed by atoms with E-state index in [0.29, 0.717) is 6.61 Å². The summed E-state index contributed by atoms with van der Waals surface area (Å²) in [4.78, 5) is 0. The molecule has 7 heteroatoms. The maximum absolute atomic E-state index is 10.4. The molecule has 0 radical (unpaired) electrons. The molecular formula is C41H46BNO4S. The van der Waals surface area contributed by atoms with E-state index in [1.807, 2.05) is 27.6 Å². The van der Waals surface area contributed by atoms with Crippen molar-refractivity contribution in [3.63, 3.8) is 0 Å². The molecular weight excluding hydrogens is 613 g/mol. The number of hydrogen-bond donors (Lipinski definition) is 1. The van der Waals surface area contributed by atoms with Crippen molar-refractivity contribution in [3.8, 4) is 33.7 Å². The summed E-state index contributed by atoms with van der Waals surface area (Å²) in [6.45, 7) is 18.6. The lowest BCUT2D eigenvalue weighted by atomic mass is 9.68. The third-order valence-corrected chi connectivity index (χ3v) is 10.3. The normalized spacial score (nSPS) is 12.6. The van der Waals surface area contributed by atoms with Crippen molar-refractivity contribution in [2.24, 2.45) is 0 Å². The Morgan fingerprint density at radius 3 is 1.73 bits per heavy atom. The zero-order valence-corrected chi connectivity index (χ0v) is 30.4. The highest BCUT2D eigenvalue weighted by Gasteiger charge is 2.33. The molecule has 1 N–H and O–H groups in total. The summed E-state index contributed by atoms with van der Waals surface area (Å²) in [6.07, 6.45) is -0.637. The number of aliphatic hydroxyl groups is 1. The summed E-state index contributed by atoms with van der Waals surface area (Å²) in [5.41, 5.74) is 12.2. The molecule has 0 spiro atoms. The Morgan fingerprint density at radius 2 is 1.27 bits per heavy atom. The molecule has 1 atom stereocenters. The van der Waals surface area contributed by atoms with Crippen molar-refractivity contribution in [2.75, 3.05) is 13.4 Å². The van der Waals surface area contributed by atoms with Gasteiger partial charge in [0.05, 0.1) is 28.4 Å². The Kier molecular flexibility index (Phi) is 9.61. The number of rotatable bonds is 11. The lowest BCUT2D eigenvalue weighted by molar-refractivity contribution is -0.0182. The fourth-order valence-corrected chi connectivity index (χ4v) is 7.61. The summed E-state index contributed by atoms with van der Waals surface area (Å²) >= 11 is 1.61. The van der Waals surface area contributed by atoms with Gasteiger partial charge in [-0.05, 0) is 102 Å². The predicted molar refractivity (Wildman–Crippen MR) is 204 cm³/mol. The van der Waals surface area contributed by atoms with Gasteiger partial charge in [0.2, 0.25) is 0 Å². The molecule has 4 aromatic carbocycles. The lowest BCUT2D eigenvalue weighted by Gasteiger charge is -2.31. The molecule has 5 nitrogen and oxygen atoms in total. The number of ether oxygens (including phenoxy) is 2. The molecule has 0 saturated heterocycles. The molecule has 2 heterocycles. The van der Waals surface area contributed by atoms with Gasteiger partial charge in [0, 0.05) is 27.5 Å². The zero-order valence-electron chi connectivity index (χ0n) is 29.6. The van der Waals surface area contributed by atoms with Gasteiger partial charge in [-0.15, -0.1) is 11.3 Å². The van der Waals surface area contributed by atoms with E-state index in [9.17, 15) is 5.11 Å². The van der Waals surface area contributed by atoms with Crippen molar-refractivity contribution < 1.29 is 19.2 Å². The van der Waals surface area contributed by atoms with Crippen LogP contribution in [0, 0.1) is 27.7 Å². The standard InChI is InChI=1S/C41H46BNO4S/c1-10-45-24-46-39-38(23-48-40(39)42(9)47-41(7,8)29(6)44)43-36-13-11-30(32-17-25(2)15-26(3)18-32)21-34(36)35-22-31(12-14-37(35)43)33-19-27(4)16-28(5)20-33/h11-23,29,44H,10,24H2,1-9H3. The molecule has 6 rings (SSSR count). The highest BCUT2D eigenvalue weighted by molar-refractivity contribution is 7.22. The SMILES string of the molecule is CCOCOc1c(-n2c3ccc(-c4cc(C)cc(C)c4)cc3c3cc(-c4cc(C)cc(C)c4)ccc32)csc1B(C)OC(C)(C)C(C)O. The Bertz CT molecular complexity index is 1960. The second-order valence-electron chi connectivity index (χ2n) is 13.7. The molecule has 0 aliphatic rings. The molecule has 0 bridgehead atoms. The summed E-state index contributed by atoms with van der Waals surface area (Å²) in [5.74, 6) is 0.734. The first-order valence-electron chi connectivity index (χ1n) is 16.8. The van der Waals surface area contributed by atoms with Crippen LogP contribution < -0.4 is 9.51 Å². The molecule has 248 valence electrons. The summed E-state index contributed by atoms with van der Waals surface area (Å²) in [6, 6.07) is 27.1. The van der Waals surface area contributed by atoms with Crippen LogP contribution in [0.5, 0.6) is 5.75 Å². The van der Waals surface area contributed by atoms with Crippen LogP contribution >= 0.6 is 11.3 Å². The van der Waals surface area contributed by atoms with E-state index >= 15 is 0 Å². The van der Waals surface area contributed by atoms with Crippen LogP contribution in [0.3, 0.4) is 0 Å². The number of aryl methyl sites for hydroxylation is 4. The Morgan fingerprint density at radius 1 is 0.771 bits per heavy atom. The third-order valence-electron chi connectivity index (χ3n) is 9.22. The molecule has 0 fully saturated rings. The van der Waals surface area contributed by atoms with Gasteiger partial charge in [-0.2, -0.15) is 0 Å². The molecule has 48 heavy (non-hydrogen) atoms. The van der Waals surface area contributed by atoms with Gasteiger partial charge in [-0.3, -0.25) is 0 Å². The fraction of sp³-hybridized carbons (Fsp3) is 0.317. The fourth-order valence-electron chi connectivity index (χ4n) is 6.65. The van der Waals surface area contributed by atoms with Gasteiger partial charge in [0.15, 0.2) is 12.5 Å². The van der Waals surface area contributed by atoms with Gasteiger partial charge in [-0.25, -0.2) is 0 Å². The largest absolute Gasteiger partial charge is 0.465 e. The summed E-state index contributed by atoms with van der Waals surface area (Å²) < 4.78 is 21.8. The minimum atomic E-state index is -0.733. The smallest absolute Gasteiger partial charge is 0.338 e. The van der Waals surface area contributed by atoms with Gasteiger partial charge >= 0.3 is 6.92 Å². The van der Waals surface area contributed by atoms with E-state index in [1.165, 1.54) is 55.3 Å². The zero-order chi connectivity index (χ0) is 34.3. The lowest BCUT2D eigenvalue weighted by Crippen LogP contribution is -2.45. The first kappa shape index (κ1) is 34.0. The number of fused-ring (bicyclic) bond motifs is 3. The van der Waals surface area contributed by atoms with Crippen LogP contribution in [0.1, 0.15) is 49.9 Å². The molecule has 6 aromatic rings. The quantitative estimate of drug-likeness (QED) is 0.0855. The minimum Gasteiger partial charge on any atom is -0.465 e. The highest BCUT2D eigenvalue weighted by atomic mass is 32.1. The number of nitrogens with zero attached hydrogens (tertiary/aromatic N) is 1. The summed E-state index contributed by atoms with van der Waals surface area (Å²) in [7, 11) is 0. The van der Waals surface area contributed by atoms with Gasteiger partial charge in [0.1, 0.15) is 0 Å². The maximum Gasteiger partial charge on any atom is 0.338 e. The van der Waals surface area contributed by atoms with Crippen LogP contribution in [0.2, 0.25) is 6.82 Å². The average Bonchev–Trinajstić information content (AvgIpc) is 3.58. The van der Waals surface area contributed by atoms with E-state index < -0.39 is 11.7 Å². The molecule has 0 saturated carbocycles. The number of aromatic nitrogens is 1. The van der Waals surface area contributed by atoms with Crippen molar-refractivity contribution in [3.05, 3.63) is 100 Å². The first-order chi connectivity index (χ1) is 22.9. The van der Waals surface area contributed by atoms with Crippen LogP contribution in [-0.2, 0) is 9.39 Å². The molecule has 2 aromatic heterocycles. The van der Waals surface area contributed by atoms with Gasteiger partial charge < -0.3 is 23.8 Å². The van der Waals surface area contributed by atoms with E-state index in [4.69, 9.17) is 14.1 Å². The highest BCUT2D eigenvalue weighted by Crippen LogP contribution is 2.40. The van der Waals surface area contributed by atoms with E-state index in [1.54, 1.807) is 18.3 Å². The summed E-state index contributed by atoms with van der Waals surface area (Å²) in [5, 5.41) is 14.9. The van der Waals surface area contributed by atoms with E-state index in [0.717, 1.165) is 27.2 Å². The Balaban J connectivity index is 1.59.